The number of unbranched alkanes of at least 4 members (excludes halogenated alkanes) is 1. The highest BCUT2D eigenvalue weighted by Crippen LogP contribution is 2.52. The Bertz CT molecular complexity index is 556. The minimum absolute atomic E-state index is 0.00907. The van der Waals surface area contributed by atoms with Crippen LogP contribution in [-0.4, -0.2) is 60.9 Å². The number of rotatable bonds is 6. The Morgan fingerprint density at radius 2 is 2.38 bits per heavy atom. The lowest BCUT2D eigenvalue weighted by molar-refractivity contribution is -0.154. The van der Waals surface area contributed by atoms with Gasteiger partial charge in [-0.2, -0.15) is 0 Å². The fourth-order valence-electron chi connectivity index (χ4n) is 4.45. The van der Waals surface area contributed by atoms with Crippen molar-refractivity contribution in [3.05, 3.63) is 12.2 Å². The van der Waals surface area contributed by atoms with Gasteiger partial charge in [-0.15, -0.1) is 0 Å². The molecule has 1 amide bonds. The summed E-state index contributed by atoms with van der Waals surface area (Å²) in [7, 11) is 0. The highest BCUT2D eigenvalue weighted by atomic mass is 16.6. The summed E-state index contributed by atoms with van der Waals surface area (Å²) in [5.74, 6) is -1.23. The van der Waals surface area contributed by atoms with Crippen molar-refractivity contribution >= 4 is 11.9 Å². The number of amides is 1. The van der Waals surface area contributed by atoms with Crippen LogP contribution in [0.5, 0.6) is 0 Å². The number of fused-ring (bicyclic) bond motifs is 1. The molecule has 2 bridgehead atoms. The third-order valence-corrected chi connectivity index (χ3v) is 5.64. The third-order valence-electron chi connectivity index (χ3n) is 5.64. The van der Waals surface area contributed by atoms with Gasteiger partial charge < -0.3 is 19.1 Å². The molecule has 4 heterocycles. The summed E-state index contributed by atoms with van der Waals surface area (Å²) in [5.41, 5.74) is -0.644. The van der Waals surface area contributed by atoms with Gasteiger partial charge in [0.1, 0.15) is 11.5 Å². The van der Waals surface area contributed by atoms with Gasteiger partial charge in [-0.05, 0) is 19.3 Å². The maximum atomic E-state index is 13.0. The van der Waals surface area contributed by atoms with Crippen molar-refractivity contribution < 1.29 is 23.8 Å². The van der Waals surface area contributed by atoms with Crippen LogP contribution in [0.4, 0.5) is 0 Å². The minimum Gasteiger partial charge on any atom is -0.465 e. The van der Waals surface area contributed by atoms with Crippen LogP contribution in [0, 0.1) is 11.8 Å². The lowest BCUT2D eigenvalue weighted by Crippen LogP contribution is -2.40. The molecular weight excluding hydrogens is 310 g/mol. The highest BCUT2D eigenvalue weighted by Gasteiger charge is 2.67. The van der Waals surface area contributed by atoms with Crippen molar-refractivity contribution in [1.82, 2.24) is 4.90 Å². The second-order valence-corrected chi connectivity index (χ2v) is 7.27. The number of ether oxygens (including phenoxy) is 3. The van der Waals surface area contributed by atoms with E-state index >= 15 is 0 Å². The molecule has 132 valence electrons. The molecule has 3 saturated heterocycles. The Kier molecular flexibility index (Phi) is 4.12. The molecule has 6 nitrogen and oxygen atoms in total. The van der Waals surface area contributed by atoms with E-state index in [9.17, 15) is 9.59 Å². The first-order chi connectivity index (χ1) is 11.6. The van der Waals surface area contributed by atoms with Gasteiger partial charge in [-0.25, -0.2) is 0 Å². The molecule has 4 aliphatic heterocycles. The van der Waals surface area contributed by atoms with Crippen molar-refractivity contribution in [3.63, 3.8) is 0 Å². The SMILES string of the molecule is CCCCOC(=O)C1[C@@H]2C=CC3(CN(CC4CCCO4)C(=O)[C@H]13)O2. The van der Waals surface area contributed by atoms with Crippen LogP contribution < -0.4 is 0 Å². The van der Waals surface area contributed by atoms with Crippen molar-refractivity contribution in [2.75, 3.05) is 26.3 Å². The fraction of sp³-hybridized carbons (Fsp3) is 0.778. The van der Waals surface area contributed by atoms with E-state index in [0.717, 1.165) is 32.3 Å². The topological polar surface area (TPSA) is 65.1 Å². The van der Waals surface area contributed by atoms with Crippen LogP contribution in [0.3, 0.4) is 0 Å². The summed E-state index contributed by atoms with van der Waals surface area (Å²) in [6, 6.07) is 0. The Morgan fingerprint density at radius 1 is 1.50 bits per heavy atom. The molecule has 0 N–H and O–H groups in total. The second kappa shape index (κ2) is 6.15. The maximum absolute atomic E-state index is 13.0. The number of hydrogen-bond donors (Lipinski definition) is 0. The first kappa shape index (κ1) is 16.1. The summed E-state index contributed by atoms with van der Waals surface area (Å²) in [4.78, 5) is 27.3. The number of carbonyl (C=O) groups is 2. The number of nitrogens with zero attached hydrogens (tertiary/aromatic N) is 1. The number of hydrogen-bond acceptors (Lipinski definition) is 5. The van der Waals surface area contributed by atoms with Gasteiger partial charge in [-0.1, -0.05) is 25.5 Å². The smallest absolute Gasteiger partial charge is 0.312 e. The van der Waals surface area contributed by atoms with E-state index in [0.29, 0.717) is 19.7 Å². The van der Waals surface area contributed by atoms with E-state index < -0.39 is 17.4 Å². The van der Waals surface area contributed by atoms with Crippen LogP contribution in [0.15, 0.2) is 12.2 Å². The Labute approximate surface area is 142 Å². The largest absolute Gasteiger partial charge is 0.465 e. The molecule has 0 aromatic rings. The first-order valence-electron chi connectivity index (χ1n) is 9.09. The van der Waals surface area contributed by atoms with Crippen LogP contribution in [0.1, 0.15) is 32.6 Å². The lowest BCUT2D eigenvalue weighted by atomic mass is 9.77. The average Bonchev–Trinajstić information content (AvgIpc) is 3.31. The zero-order valence-corrected chi connectivity index (χ0v) is 14.1. The molecule has 4 aliphatic rings. The fourth-order valence-corrected chi connectivity index (χ4v) is 4.45. The molecule has 3 unspecified atom stereocenters. The standard InChI is InChI=1S/C18H25NO5/c1-2-3-8-23-17(21)14-13-6-7-18(24-13)11-19(16(20)15(14)18)10-12-5-4-9-22-12/h6-7,12-15H,2-5,8-11H2,1H3/t12?,13-,14?,15-,18?/m0/s1. The molecule has 1 spiro atoms. The summed E-state index contributed by atoms with van der Waals surface area (Å²) < 4.78 is 17.1. The van der Waals surface area contributed by atoms with E-state index in [4.69, 9.17) is 14.2 Å². The monoisotopic (exact) mass is 335 g/mol. The van der Waals surface area contributed by atoms with Gasteiger partial charge in [0.15, 0.2) is 0 Å². The Hall–Kier alpha value is -1.40. The number of carbonyl (C=O) groups excluding carboxylic acids is 2. The first-order valence-corrected chi connectivity index (χ1v) is 9.09. The van der Waals surface area contributed by atoms with Crippen LogP contribution in [0.25, 0.3) is 0 Å². The second-order valence-electron chi connectivity index (χ2n) is 7.27. The van der Waals surface area contributed by atoms with E-state index in [1.54, 1.807) is 0 Å². The zero-order valence-electron chi connectivity index (χ0n) is 14.1. The van der Waals surface area contributed by atoms with Gasteiger partial charge >= 0.3 is 5.97 Å². The molecule has 5 atom stereocenters. The normalized spacial score (nSPS) is 39.7. The van der Waals surface area contributed by atoms with Gasteiger partial charge in [-0.3, -0.25) is 9.59 Å². The summed E-state index contributed by atoms with van der Waals surface area (Å²) in [5, 5.41) is 0. The van der Waals surface area contributed by atoms with E-state index in [-0.39, 0.29) is 24.1 Å². The van der Waals surface area contributed by atoms with E-state index in [2.05, 4.69) is 6.92 Å². The third kappa shape index (κ3) is 2.47. The van der Waals surface area contributed by atoms with Gasteiger partial charge in [0.25, 0.3) is 0 Å². The summed E-state index contributed by atoms with van der Waals surface area (Å²) in [6.45, 7) is 4.34. The molecule has 0 aromatic heterocycles. The molecule has 0 radical (unpaired) electrons. The van der Waals surface area contributed by atoms with Gasteiger partial charge in [0, 0.05) is 13.2 Å². The quantitative estimate of drug-likeness (QED) is 0.416. The van der Waals surface area contributed by atoms with Gasteiger partial charge in [0.05, 0.1) is 31.3 Å². The van der Waals surface area contributed by atoms with Crippen molar-refractivity contribution in [2.45, 2.75) is 50.4 Å². The van der Waals surface area contributed by atoms with Crippen LogP contribution in [0.2, 0.25) is 0 Å². The lowest BCUT2D eigenvalue weighted by Gasteiger charge is -2.23. The van der Waals surface area contributed by atoms with Gasteiger partial charge in [0.2, 0.25) is 5.91 Å². The molecule has 6 heteroatoms. The Morgan fingerprint density at radius 3 is 3.12 bits per heavy atom. The average molecular weight is 335 g/mol. The molecule has 3 fully saturated rings. The predicted octanol–water partition coefficient (Wildman–Crippen LogP) is 1.29. The van der Waals surface area contributed by atoms with Crippen molar-refractivity contribution in [3.8, 4) is 0 Å². The summed E-state index contributed by atoms with van der Waals surface area (Å²) >= 11 is 0. The molecule has 4 rings (SSSR count). The van der Waals surface area contributed by atoms with Crippen molar-refractivity contribution in [1.29, 1.82) is 0 Å². The van der Waals surface area contributed by atoms with Crippen molar-refractivity contribution in [2.24, 2.45) is 11.8 Å². The Balaban J connectivity index is 1.48. The molecule has 0 aliphatic carbocycles. The zero-order chi connectivity index (χ0) is 16.7. The van der Waals surface area contributed by atoms with E-state index in [1.165, 1.54) is 0 Å². The number of likely N-dealkylation sites (tertiary alicyclic amines) is 1. The summed E-state index contributed by atoms with van der Waals surface area (Å²) in [6.07, 6.45) is 7.54. The van der Waals surface area contributed by atoms with E-state index in [1.807, 2.05) is 17.1 Å². The number of esters is 1. The minimum atomic E-state index is -0.644. The highest BCUT2D eigenvalue weighted by molar-refractivity contribution is 5.91. The molecule has 0 aromatic carbocycles. The predicted molar refractivity (Wildman–Crippen MR) is 85.1 cm³/mol. The molecule has 0 saturated carbocycles. The van der Waals surface area contributed by atoms with Crippen LogP contribution >= 0.6 is 0 Å². The maximum Gasteiger partial charge on any atom is 0.312 e. The molecular formula is C18H25NO5. The molecule has 24 heavy (non-hydrogen) atoms. The van der Waals surface area contributed by atoms with Crippen LogP contribution in [-0.2, 0) is 23.8 Å².